The third kappa shape index (κ3) is 7.32. The highest BCUT2D eigenvalue weighted by molar-refractivity contribution is 6.32. The first kappa shape index (κ1) is 28.9. The largest absolute Gasteiger partial charge is 0.343 e. The van der Waals surface area contributed by atoms with Gasteiger partial charge in [-0.15, -0.1) is 5.10 Å². The summed E-state index contributed by atoms with van der Waals surface area (Å²) in [5.41, 5.74) is 2.17. The molecule has 3 aromatic rings. The molecule has 40 heavy (non-hydrogen) atoms. The Bertz CT molecular complexity index is 1470. The summed E-state index contributed by atoms with van der Waals surface area (Å²) in [5, 5.41) is 14.7. The highest BCUT2D eigenvalue weighted by atomic mass is 35.5. The zero-order valence-corrected chi connectivity index (χ0v) is 22.8. The predicted octanol–water partition coefficient (Wildman–Crippen LogP) is 5.62. The van der Waals surface area contributed by atoms with E-state index in [0.29, 0.717) is 52.6 Å². The van der Waals surface area contributed by atoms with Gasteiger partial charge in [0.15, 0.2) is 0 Å². The molecule has 0 saturated heterocycles. The molecule has 0 spiro atoms. The number of hydrogen-bond donors (Lipinski definition) is 4. The van der Waals surface area contributed by atoms with Gasteiger partial charge in [0, 0.05) is 35.4 Å². The Morgan fingerprint density at radius 1 is 1.23 bits per heavy atom. The number of carbonyl (C=O) groups is 2. The lowest BCUT2D eigenvalue weighted by Gasteiger charge is -2.16. The second kappa shape index (κ2) is 13.3. The quantitative estimate of drug-likeness (QED) is 0.0977. The van der Waals surface area contributed by atoms with Crippen LogP contribution in [-0.2, 0) is 9.59 Å². The lowest BCUT2D eigenvalue weighted by atomic mass is 10.1. The summed E-state index contributed by atoms with van der Waals surface area (Å²) in [6, 6.07) is 8.49. The van der Waals surface area contributed by atoms with Gasteiger partial charge in [-0.2, -0.15) is 5.10 Å². The third-order valence-corrected chi connectivity index (χ3v) is 6.68. The molecule has 0 aliphatic carbocycles. The normalized spacial score (nSPS) is 16.0. The number of fused-ring (bicyclic) bond motifs is 4. The molecule has 1 atom stereocenters. The van der Waals surface area contributed by atoms with Gasteiger partial charge < -0.3 is 15.6 Å². The second-order valence-corrected chi connectivity index (χ2v) is 9.81. The zero-order valence-electron chi connectivity index (χ0n) is 21.3. The third-order valence-electron chi connectivity index (χ3n) is 6.17. The number of nitrogens with one attached hydrogen (secondary N) is 3. The van der Waals surface area contributed by atoms with Crippen molar-refractivity contribution in [1.82, 2.24) is 15.3 Å². The summed E-state index contributed by atoms with van der Waals surface area (Å²) in [6.45, 7) is 3.28. The first-order chi connectivity index (χ1) is 19.2. The van der Waals surface area contributed by atoms with Crippen LogP contribution in [0, 0.1) is 5.82 Å². The van der Waals surface area contributed by atoms with E-state index in [4.69, 9.17) is 29.0 Å². The fraction of sp³-hybridized carbons (Fsp3) is 0.222. The van der Waals surface area contributed by atoms with E-state index in [-0.39, 0.29) is 23.2 Å². The van der Waals surface area contributed by atoms with E-state index in [0.717, 1.165) is 6.42 Å². The molecule has 0 fully saturated rings. The second-order valence-electron chi connectivity index (χ2n) is 9.00. The number of carbonyl (C=O) groups excluding carboxylic acids is 2. The summed E-state index contributed by atoms with van der Waals surface area (Å²) >= 11 is 12.7. The Morgan fingerprint density at radius 3 is 2.85 bits per heavy atom. The number of amides is 2. The van der Waals surface area contributed by atoms with E-state index < -0.39 is 17.8 Å². The molecule has 10 nitrogen and oxygen atoms in total. The van der Waals surface area contributed by atoms with E-state index in [1.807, 2.05) is 0 Å². The van der Waals surface area contributed by atoms with E-state index in [1.165, 1.54) is 35.6 Å². The molecule has 5 N–H and O–H groups in total. The molecule has 2 bridgehead atoms. The molecule has 2 aromatic carbocycles. The maximum atomic E-state index is 14.0. The summed E-state index contributed by atoms with van der Waals surface area (Å²) in [7, 11) is 0. The molecule has 0 radical (unpaired) electrons. The average Bonchev–Trinajstić information content (AvgIpc) is 3.30. The van der Waals surface area contributed by atoms with Crippen molar-refractivity contribution in [3.8, 4) is 11.3 Å². The molecule has 2 heterocycles. The van der Waals surface area contributed by atoms with Crippen LogP contribution in [0.2, 0.25) is 10.2 Å². The van der Waals surface area contributed by atoms with Gasteiger partial charge in [-0.25, -0.2) is 15.2 Å². The maximum Gasteiger partial charge on any atom is 0.244 e. The number of imidazole rings is 1. The molecule has 0 unspecified atom stereocenters. The van der Waals surface area contributed by atoms with Crippen LogP contribution in [0.5, 0.6) is 0 Å². The summed E-state index contributed by atoms with van der Waals surface area (Å²) in [6.07, 6.45) is 7.13. The van der Waals surface area contributed by atoms with Crippen molar-refractivity contribution in [2.24, 2.45) is 16.0 Å². The van der Waals surface area contributed by atoms with Gasteiger partial charge >= 0.3 is 0 Å². The van der Waals surface area contributed by atoms with Gasteiger partial charge in [0.25, 0.3) is 0 Å². The summed E-state index contributed by atoms with van der Waals surface area (Å²) in [5.74, 6) is 5.34. The van der Waals surface area contributed by atoms with Gasteiger partial charge in [0.1, 0.15) is 28.8 Å². The number of anilines is 2. The number of nitrogens with zero attached hydrogens (tertiary/aromatic N) is 4. The molecule has 1 aliphatic rings. The molecule has 13 heteroatoms. The number of benzene rings is 2. The monoisotopic (exact) mass is 584 g/mol. The number of nitrogens with two attached hydrogens (primary N) is 1. The van der Waals surface area contributed by atoms with Crippen molar-refractivity contribution in [2.45, 2.75) is 38.1 Å². The molecule has 208 valence electrons. The van der Waals surface area contributed by atoms with Crippen molar-refractivity contribution < 1.29 is 14.0 Å². The standard InChI is InChI=1S/C27H27Cl2FN8O2/c1-32-33-15-38(31)22-11-8-17(28)13-16(22)7-12-24(40)34-20-5-3-2-4-6-23(39)35-21-14-18(30)9-10-19(21)25-26(29)37-27(20)36-25/h7-15,20H,1-6,31H2,(H,34,40)(H,35,39)(H,36,37)/b12-7+,33-15-/t20-/m0/s1. The zero-order chi connectivity index (χ0) is 28.6. The van der Waals surface area contributed by atoms with Crippen LogP contribution in [0.4, 0.5) is 15.8 Å². The molecule has 0 saturated carbocycles. The maximum absolute atomic E-state index is 14.0. The fourth-order valence-corrected chi connectivity index (χ4v) is 4.69. The van der Waals surface area contributed by atoms with Crippen LogP contribution in [0.3, 0.4) is 0 Å². The molecule has 2 amide bonds. The van der Waals surface area contributed by atoms with Crippen LogP contribution < -0.4 is 21.5 Å². The number of halogens is 3. The average molecular weight is 585 g/mol. The lowest BCUT2D eigenvalue weighted by molar-refractivity contribution is -0.117. The molecule has 4 rings (SSSR count). The molecule has 1 aromatic heterocycles. The van der Waals surface area contributed by atoms with Crippen LogP contribution >= 0.6 is 23.2 Å². The van der Waals surface area contributed by atoms with Crippen molar-refractivity contribution in [1.29, 1.82) is 0 Å². The highest BCUT2D eigenvalue weighted by Crippen LogP contribution is 2.35. The van der Waals surface area contributed by atoms with Gasteiger partial charge in [0.2, 0.25) is 11.8 Å². The van der Waals surface area contributed by atoms with Gasteiger partial charge in [-0.1, -0.05) is 36.0 Å². The lowest BCUT2D eigenvalue weighted by Crippen LogP contribution is -2.29. The Hall–Kier alpha value is -4.06. The highest BCUT2D eigenvalue weighted by Gasteiger charge is 2.23. The van der Waals surface area contributed by atoms with Crippen molar-refractivity contribution in [2.75, 3.05) is 10.3 Å². The minimum Gasteiger partial charge on any atom is -0.343 e. The molecule has 1 aliphatic heterocycles. The first-order valence-electron chi connectivity index (χ1n) is 12.4. The van der Waals surface area contributed by atoms with Crippen LogP contribution in [-0.4, -0.2) is 34.8 Å². The fourth-order valence-electron chi connectivity index (χ4n) is 4.27. The summed E-state index contributed by atoms with van der Waals surface area (Å²) < 4.78 is 14.0. The first-order valence-corrected chi connectivity index (χ1v) is 13.2. The van der Waals surface area contributed by atoms with Crippen molar-refractivity contribution in [3.63, 3.8) is 0 Å². The predicted molar refractivity (Wildman–Crippen MR) is 157 cm³/mol. The van der Waals surface area contributed by atoms with Crippen molar-refractivity contribution >= 4 is 65.5 Å². The van der Waals surface area contributed by atoms with E-state index in [1.54, 1.807) is 24.3 Å². The number of aromatic amines is 1. The minimum atomic E-state index is -0.507. The smallest absolute Gasteiger partial charge is 0.244 e. The Morgan fingerprint density at radius 2 is 2.05 bits per heavy atom. The van der Waals surface area contributed by atoms with Crippen molar-refractivity contribution in [3.05, 3.63) is 69.9 Å². The van der Waals surface area contributed by atoms with Gasteiger partial charge in [-0.3, -0.25) is 14.6 Å². The summed E-state index contributed by atoms with van der Waals surface area (Å²) in [4.78, 5) is 33.2. The topological polar surface area (TPSA) is 141 Å². The number of rotatable bonds is 6. The SMILES string of the molecule is C=N/N=C\N(N)c1ccc(Cl)cc1/C=C/C(=O)N[C@H]1CCCCCC(=O)Nc2cc(F)ccc2-c2nc1[nH]c2Cl. The Kier molecular flexibility index (Phi) is 9.65. The van der Waals surface area contributed by atoms with Gasteiger partial charge in [-0.05, 0) is 55.3 Å². The number of hydrazine groups is 1. The van der Waals surface area contributed by atoms with Crippen LogP contribution in [0.1, 0.15) is 49.5 Å². The number of aromatic nitrogens is 2. The van der Waals surface area contributed by atoms with E-state index >= 15 is 0 Å². The Balaban J connectivity index is 1.61. The number of H-pyrrole nitrogens is 1. The van der Waals surface area contributed by atoms with Crippen LogP contribution in [0.15, 0.2) is 52.7 Å². The van der Waals surface area contributed by atoms with Gasteiger partial charge in [0.05, 0.1) is 17.4 Å². The van der Waals surface area contributed by atoms with E-state index in [2.05, 4.69) is 37.5 Å². The molecular weight excluding hydrogens is 558 g/mol. The van der Waals surface area contributed by atoms with E-state index in [9.17, 15) is 14.0 Å². The number of hydrogen-bond acceptors (Lipinski definition) is 6. The minimum absolute atomic E-state index is 0.200. The van der Waals surface area contributed by atoms with Crippen LogP contribution in [0.25, 0.3) is 17.3 Å². The molecular formula is C27H27Cl2FN8O2. The Labute approximate surface area is 240 Å².